The van der Waals surface area contributed by atoms with Crippen molar-refractivity contribution in [1.29, 1.82) is 5.26 Å². The van der Waals surface area contributed by atoms with Gasteiger partial charge in [-0.3, -0.25) is 23.6 Å². The molecular formula is C35H32F4N12O2. The Morgan fingerprint density at radius 2 is 1.89 bits per heavy atom. The maximum atomic E-state index is 15.7. The van der Waals surface area contributed by atoms with Gasteiger partial charge in [0.15, 0.2) is 5.69 Å². The van der Waals surface area contributed by atoms with Crippen LogP contribution in [0.4, 0.5) is 17.6 Å². The van der Waals surface area contributed by atoms with Gasteiger partial charge in [0.2, 0.25) is 5.91 Å². The molecule has 0 saturated carbocycles. The van der Waals surface area contributed by atoms with Crippen LogP contribution < -0.4 is 5.32 Å². The Balaban J connectivity index is 1.22. The number of hydrogen-bond acceptors (Lipinski definition) is 8. The summed E-state index contributed by atoms with van der Waals surface area (Å²) in [6, 6.07) is 8.10. The third-order valence-electron chi connectivity index (χ3n) is 9.26. The first-order valence-electron chi connectivity index (χ1n) is 16.4. The van der Waals surface area contributed by atoms with Crippen LogP contribution in [0.1, 0.15) is 46.6 Å². The van der Waals surface area contributed by atoms with Crippen molar-refractivity contribution in [3.05, 3.63) is 88.9 Å². The van der Waals surface area contributed by atoms with Crippen molar-refractivity contribution in [2.24, 2.45) is 14.1 Å². The van der Waals surface area contributed by atoms with Crippen LogP contribution in [0.25, 0.3) is 33.4 Å². The number of rotatable bonds is 9. The highest BCUT2D eigenvalue weighted by molar-refractivity contribution is 6.02. The Bertz CT molecular complexity index is 2420. The zero-order chi connectivity index (χ0) is 37.8. The standard InChI is InChI=1S/C35H32F4N12O2/c1-34(2,18-51-28(26-16-41-47-45-26)12-30(46-51)35(37,38)39)44-32(52)29(9-19-14-42-48(3)17-19)50-8-7-23-22(5-6-25(36)31(23)33(50)53)24-10-21-15-43-49(4)27(21)11-20(24)13-40/h5-6,10-12,14-17,29H,7-9,18H2,1-4H3,(H,44,52)(H,41,45,47)/t29-/m1/s1. The second-order valence-corrected chi connectivity index (χ2v) is 13.6. The SMILES string of the molecule is Cn1cc(C[C@H](C(=O)NC(C)(C)Cn2nc(C(F)(F)F)cc2-c2cn[nH]n2)N2CCc3c(-c4cc5cnn(C)c5cc4C#N)ccc(F)c3C2=O)cn1. The van der Waals surface area contributed by atoms with E-state index in [0.29, 0.717) is 27.8 Å². The predicted octanol–water partition coefficient (Wildman–Crippen LogP) is 4.19. The summed E-state index contributed by atoms with van der Waals surface area (Å²) in [4.78, 5) is 29.9. The highest BCUT2D eigenvalue weighted by Crippen LogP contribution is 2.37. The van der Waals surface area contributed by atoms with Crippen molar-refractivity contribution in [3.63, 3.8) is 0 Å². The Labute approximate surface area is 299 Å². The number of carbonyl (C=O) groups excluding carboxylic acids is 2. The number of carbonyl (C=O) groups is 2. The van der Waals surface area contributed by atoms with Gasteiger partial charge in [0.05, 0.1) is 59.1 Å². The monoisotopic (exact) mass is 728 g/mol. The van der Waals surface area contributed by atoms with Gasteiger partial charge in [-0.25, -0.2) is 4.39 Å². The molecule has 4 aromatic heterocycles. The minimum atomic E-state index is -4.74. The molecule has 6 aromatic rings. The maximum absolute atomic E-state index is 15.7. The van der Waals surface area contributed by atoms with E-state index < -0.39 is 41.1 Å². The van der Waals surface area contributed by atoms with Gasteiger partial charge >= 0.3 is 6.18 Å². The molecule has 2 amide bonds. The second kappa shape index (κ2) is 13.0. The highest BCUT2D eigenvalue weighted by Gasteiger charge is 2.40. The lowest BCUT2D eigenvalue weighted by Crippen LogP contribution is -2.58. The third kappa shape index (κ3) is 6.61. The summed E-state index contributed by atoms with van der Waals surface area (Å²) < 4.78 is 61.1. The van der Waals surface area contributed by atoms with Crippen molar-refractivity contribution < 1.29 is 27.2 Å². The van der Waals surface area contributed by atoms with E-state index in [2.05, 4.69) is 42.1 Å². The average molecular weight is 729 g/mol. The van der Waals surface area contributed by atoms with Gasteiger partial charge in [-0.2, -0.15) is 49.1 Å². The van der Waals surface area contributed by atoms with E-state index in [4.69, 9.17) is 0 Å². The Morgan fingerprint density at radius 1 is 1.09 bits per heavy atom. The van der Waals surface area contributed by atoms with E-state index in [1.165, 1.54) is 17.2 Å². The first-order chi connectivity index (χ1) is 25.1. The quantitative estimate of drug-likeness (QED) is 0.209. The lowest BCUT2D eigenvalue weighted by molar-refractivity contribution is -0.141. The minimum absolute atomic E-state index is 0.0125. The van der Waals surface area contributed by atoms with Crippen LogP contribution in [0.2, 0.25) is 0 Å². The van der Waals surface area contributed by atoms with Gasteiger partial charge in [-0.15, -0.1) is 0 Å². The summed E-state index contributed by atoms with van der Waals surface area (Å²) in [5.74, 6) is -2.12. The number of benzene rings is 2. The van der Waals surface area contributed by atoms with Gasteiger partial charge in [0.1, 0.15) is 17.6 Å². The molecule has 18 heteroatoms. The van der Waals surface area contributed by atoms with Crippen LogP contribution in [0.15, 0.2) is 55.1 Å². The molecule has 272 valence electrons. The first-order valence-corrected chi connectivity index (χ1v) is 16.4. The number of aryl methyl sites for hydroxylation is 2. The van der Waals surface area contributed by atoms with Crippen molar-refractivity contribution in [3.8, 4) is 28.6 Å². The zero-order valence-corrected chi connectivity index (χ0v) is 28.9. The molecule has 1 aliphatic heterocycles. The third-order valence-corrected chi connectivity index (χ3v) is 9.26. The minimum Gasteiger partial charge on any atom is -0.348 e. The number of aromatic nitrogens is 9. The molecule has 0 unspecified atom stereocenters. The van der Waals surface area contributed by atoms with Crippen molar-refractivity contribution in [2.45, 2.75) is 51.0 Å². The van der Waals surface area contributed by atoms with Gasteiger partial charge in [0, 0.05) is 44.2 Å². The van der Waals surface area contributed by atoms with Crippen LogP contribution in [0, 0.1) is 17.1 Å². The first kappa shape index (κ1) is 35.0. The van der Waals surface area contributed by atoms with E-state index in [9.17, 15) is 28.0 Å². The number of amides is 2. The Kier molecular flexibility index (Phi) is 8.59. The highest BCUT2D eigenvalue weighted by atomic mass is 19.4. The molecule has 1 atom stereocenters. The van der Waals surface area contributed by atoms with E-state index in [0.717, 1.165) is 21.7 Å². The Morgan fingerprint density at radius 3 is 2.57 bits per heavy atom. The number of H-pyrrole nitrogens is 1. The van der Waals surface area contributed by atoms with E-state index >= 15 is 4.39 Å². The molecule has 5 heterocycles. The zero-order valence-electron chi connectivity index (χ0n) is 28.9. The van der Waals surface area contributed by atoms with Gasteiger partial charge in [-0.1, -0.05) is 6.07 Å². The smallest absolute Gasteiger partial charge is 0.348 e. The van der Waals surface area contributed by atoms with Gasteiger partial charge in [0.25, 0.3) is 5.91 Å². The maximum Gasteiger partial charge on any atom is 0.435 e. The summed E-state index contributed by atoms with van der Waals surface area (Å²) in [6.07, 6.45) is 1.59. The number of aromatic amines is 1. The summed E-state index contributed by atoms with van der Waals surface area (Å²) in [5, 5.41) is 35.9. The number of hydrogen-bond donors (Lipinski definition) is 2. The van der Waals surface area contributed by atoms with Crippen molar-refractivity contribution >= 4 is 22.7 Å². The summed E-state index contributed by atoms with van der Waals surface area (Å²) in [7, 11) is 3.46. The molecule has 0 saturated heterocycles. The fourth-order valence-electron chi connectivity index (χ4n) is 6.84. The lowest BCUT2D eigenvalue weighted by atomic mass is 9.87. The second-order valence-electron chi connectivity index (χ2n) is 13.6. The van der Waals surface area contributed by atoms with Crippen molar-refractivity contribution in [2.75, 3.05) is 6.54 Å². The number of nitrogens with one attached hydrogen (secondary N) is 2. The average Bonchev–Trinajstić information content (AvgIpc) is 3.91. The molecule has 0 bridgehead atoms. The predicted molar refractivity (Wildman–Crippen MR) is 181 cm³/mol. The Hall–Kier alpha value is -6.38. The fraction of sp³-hybridized carbons (Fsp3) is 0.314. The van der Waals surface area contributed by atoms with E-state index in [-0.39, 0.29) is 42.9 Å². The molecule has 2 aromatic carbocycles. The normalized spacial score (nSPS) is 14.0. The lowest BCUT2D eigenvalue weighted by Gasteiger charge is -2.37. The van der Waals surface area contributed by atoms with Gasteiger partial charge in [-0.05, 0) is 61.2 Å². The van der Waals surface area contributed by atoms with Crippen molar-refractivity contribution in [1.82, 2.24) is 55.0 Å². The largest absolute Gasteiger partial charge is 0.435 e. The summed E-state index contributed by atoms with van der Waals surface area (Å²) in [6.45, 7) is 3.04. The number of nitriles is 1. The fourth-order valence-corrected chi connectivity index (χ4v) is 6.84. The van der Waals surface area contributed by atoms with E-state index in [1.54, 1.807) is 74.1 Å². The molecule has 53 heavy (non-hydrogen) atoms. The topological polar surface area (TPSA) is 168 Å². The number of fused-ring (bicyclic) bond motifs is 2. The number of halogens is 4. The van der Waals surface area contributed by atoms with Crippen LogP contribution in [0.3, 0.4) is 0 Å². The molecular weight excluding hydrogens is 696 g/mol. The van der Waals surface area contributed by atoms with Gasteiger partial charge < -0.3 is 10.2 Å². The van der Waals surface area contributed by atoms with Crippen LogP contribution in [-0.2, 0) is 44.5 Å². The van der Waals surface area contributed by atoms with Crippen LogP contribution in [0.5, 0.6) is 0 Å². The summed E-state index contributed by atoms with van der Waals surface area (Å²) in [5.41, 5.74) is 0.705. The molecule has 2 N–H and O–H groups in total. The van der Waals surface area contributed by atoms with E-state index in [1.807, 2.05) is 0 Å². The molecule has 0 fully saturated rings. The number of alkyl halides is 3. The molecule has 7 rings (SSSR count). The molecule has 0 radical (unpaired) electrons. The molecule has 1 aliphatic rings. The molecule has 14 nitrogen and oxygen atoms in total. The van der Waals surface area contributed by atoms with Crippen LogP contribution in [-0.4, -0.2) is 79.6 Å². The molecule has 0 spiro atoms. The van der Waals surface area contributed by atoms with Crippen LogP contribution >= 0.6 is 0 Å². The summed E-state index contributed by atoms with van der Waals surface area (Å²) >= 11 is 0. The number of nitrogens with zero attached hydrogens (tertiary/aromatic N) is 10. The molecule has 0 aliphatic carbocycles.